The number of nitrogens with zero attached hydrogens (tertiary/aromatic N) is 2. The van der Waals surface area contributed by atoms with Gasteiger partial charge in [0.1, 0.15) is 5.75 Å². The Hall–Kier alpha value is -2.94. The first kappa shape index (κ1) is 23.2. The number of alkyl halides is 3. The molecule has 1 fully saturated rings. The molecule has 33 heavy (non-hydrogen) atoms. The number of amides is 2. The fourth-order valence-electron chi connectivity index (χ4n) is 4.13. The monoisotopic (exact) mass is 481 g/mol. The van der Waals surface area contributed by atoms with Crippen molar-refractivity contribution < 1.29 is 27.5 Å². The van der Waals surface area contributed by atoms with E-state index in [1.54, 1.807) is 34.1 Å². The quantitative estimate of drug-likeness (QED) is 0.694. The number of nitrogens with one attached hydrogen (secondary N) is 1. The van der Waals surface area contributed by atoms with Crippen LogP contribution in [-0.4, -0.2) is 49.0 Å². The van der Waals surface area contributed by atoms with Gasteiger partial charge in [0, 0.05) is 18.1 Å². The van der Waals surface area contributed by atoms with Crippen LogP contribution in [0.25, 0.3) is 0 Å². The highest BCUT2D eigenvalue weighted by atomic mass is 35.5. The summed E-state index contributed by atoms with van der Waals surface area (Å²) in [5, 5.41) is 2.25. The zero-order valence-electron chi connectivity index (χ0n) is 17.7. The first-order valence-corrected chi connectivity index (χ1v) is 11.1. The van der Waals surface area contributed by atoms with Crippen molar-refractivity contribution in [3.63, 3.8) is 0 Å². The third-order valence-corrected chi connectivity index (χ3v) is 5.94. The van der Waals surface area contributed by atoms with Crippen molar-refractivity contribution in [3.05, 3.63) is 53.1 Å². The predicted molar refractivity (Wildman–Crippen MR) is 119 cm³/mol. The number of ether oxygens (including phenoxy) is 1. The van der Waals surface area contributed by atoms with Crippen LogP contribution in [0.4, 0.5) is 24.5 Å². The molecular weight excluding hydrogens is 459 g/mol. The van der Waals surface area contributed by atoms with Gasteiger partial charge in [-0.2, -0.15) is 13.2 Å². The summed E-state index contributed by atoms with van der Waals surface area (Å²) in [6, 6.07) is 10.1. The Kier molecular flexibility index (Phi) is 6.69. The molecule has 0 bridgehead atoms. The standard InChI is InChI=1S/C23H23ClF3N3O3/c24-15-8-9-17(16(12-15)23(25,26)27)28-21(31)14-30-13-20(22(32)29-10-4-1-5-11-29)33-19-7-3-2-6-18(19)30/h2-3,6-9,12,20H,1,4-5,10-11,13-14H2,(H,28,31)/t20-/m1/s1. The van der Waals surface area contributed by atoms with Crippen LogP contribution in [0.3, 0.4) is 0 Å². The van der Waals surface area contributed by atoms with Crippen molar-refractivity contribution in [2.75, 3.05) is 36.4 Å². The maximum absolute atomic E-state index is 13.4. The van der Waals surface area contributed by atoms with Crippen LogP contribution >= 0.6 is 11.6 Å². The summed E-state index contributed by atoms with van der Waals surface area (Å²) in [6.45, 7) is 1.20. The van der Waals surface area contributed by atoms with Crippen molar-refractivity contribution in [3.8, 4) is 5.75 Å². The van der Waals surface area contributed by atoms with Gasteiger partial charge in [-0.15, -0.1) is 0 Å². The number of carbonyl (C=O) groups excluding carboxylic acids is 2. The highest BCUT2D eigenvalue weighted by Gasteiger charge is 2.36. The minimum absolute atomic E-state index is 0.0819. The van der Waals surface area contributed by atoms with E-state index >= 15 is 0 Å². The van der Waals surface area contributed by atoms with Crippen LogP contribution < -0.4 is 15.0 Å². The highest BCUT2D eigenvalue weighted by molar-refractivity contribution is 6.30. The Morgan fingerprint density at radius 1 is 1.09 bits per heavy atom. The predicted octanol–water partition coefficient (Wildman–Crippen LogP) is 4.58. The smallest absolute Gasteiger partial charge is 0.418 e. The molecule has 1 atom stereocenters. The summed E-state index contributed by atoms with van der Waals surface area (Å²) in [5.74, 6) is -0.343. The van der Waals surface area contributed by atoms with E-state index in [0.29, 0.717) is 24.5 Å². The van der Waals surface area contributed by atoms with Gasteiger partial charge < -0.3 is 19.9 Å². The molecule has 2 aromatic carbocycles. The van der Waals surface area contributed by atoms with Crippen LogP contribution in [0.2, 0.25) is 5.02 Å². The van der Waals surface area contributed by atoms with Crippen molar-refractivity contribution in [1.82, 2.24) is 4.90 Å². The minimum Gasteiger partial charge on any atom is -0.477 e. The minimum atomic E-state index is -4.68. The Balaban J connectivity index is 1.52. The van der Waals surface area contributed by atoms with Gasteiger partial charge in [0.2, 0.25) is 5.91 Å². The SMILES string of the molecule is O=C(CN1C[C@H](C(=O)N2CCCCC2)Oc2ccccc21)Nc1ccc(Cl)cc1C(F)(F)F. The van der Waals surface area contributed by atoms with Crippen molar-refractivity contribution >= 4 is 34.8 Å². The summed E-state index contributed by atoms with van der Waals surface area (Å²) in [6.07, 6.45) is -2.53. The number of hydrogen-bond donors (Lipinski definition) is 1. The second kappa shape index (κ2) is 9.51. The van der Waals surface area contributed by atoms with Crippen molar-refractivity contribution in [1.29, 1.82) is 0 Å². The van der Waals surface area contributed by atoms with Crippen molar-refractivity contribution in [2.45, 2.75) is 31.5 Å². The molecule has 0 spiro atoms. The number of likely N-dealkylation sites (tertiary alicyclic amines) is 1. The number of fused-ring (bicyclic) bond motifs is 1. The molecule has 2 aliphatic heterocycles. The zero-order chi connectivity index (χ0) is 23.6. The van der Waals surface area contributed by atoms with E-state index < -0.39 is 23.8 Å². The Bertz CT molecular complexity index is 1040. The van der Waals surface area contributed by atoms with Gasteiger partial charge in [-0.1, -0.05) is 23.7 Å². The summed E-state index contributed by atoms with van der Waals surface area (Å²) in [5.41, 5.74) is -0.800. The molecule has 1 N–H and O–H groups in total. The highest BCUT2D eigenvalue weighted by Crippen LogP contribution is 2.37. The van der Waals surface area contributed by atoms with Gasteiger partial charge in [-0.3, -0.25) is 9.59 Å². The van der Waals surface area contributed by atoms with Crippen LogP contribution in [0.1, 0.15) is 24.8 Å². The average Bonchev–Trinajstić information content (AvgIpc) is 2.79. The third kappa shape index (κ3) is 5.35. The van der Waals surface area contributed by atoms with Crippen molar-refractivity contribution in [2.24, 2.45) is 0 Å². The van der Waals surface area contributed by atoms with Gasteiger partial charge in [-0.25, -0.2) is 0 Å². The van der Waals surface area contributed by atoms with Crippen LogP contribution in [0.15, 0.2) is 42.5 Å². The molecular formula is C23H23ClF3N3O3. The summed E-state index contributed by atoms with van der Waals surface area (Å²) in [4.78, 5) is 29.2. The number of halogens is 4. The van der Waals surface area contributed by atoms with Gasteiger partial charge in [0.25, 0.3) is 5.91 Å². The Morgan fingerprint density at radius 3 is 2.55 bits per heavy atom. The molecule has 2 amide bonds. The molecule has 6 nitrogen and oxygen atoms in total. The lowest BCUT2D eigenvalue weighted by Crippen LogP contribution is -2.52. The van der Waals surface area contributed by atoms with Gasteiger partial charge in [-0.05, 0) is 49.6 Å². The zero-order valence-corrected chi connectivity index (χ0v) is 18.5. The molecule has 0 aliphatic carbocycles. The molecule has 10 heteroatoms. The van der Waals surface area contributed by atoms with Crippen LogP contribution in [-0.2, 0) is 15.8 Å². The molecule has 1 saturated heterocycles. The lowest BCUT2D eigenvalue weighted by Gasteiger charge is -2.38. The van der Waals surface area contributed by atoms with E-state index in [1.807, 2.05) is 0 Å². The fraction of sp³-hybridized carbons (Fsp3) is 0.391. The topological polar surface area (TPSA) is 61.9 Å². The summed E-state index contributed by atoms with van der Waals surface area (Å²) >= 11 is 5.71. The molecule has 4 rings (SSSR count). The van der Waals surface area contributed by atoms with E-state index in [0.717, 1.165) is 31.4 Å². The van der Waals surface area contributed by atoms with E-state index in [-0.39, 0.29) is 29.7 Å². The first-order valence-electron chi connectivity index (χ1n) is 10.7. The number of carbonyl (C=O) groups is 2. The maximum atomic E-state index is 13.4. The van der Waals surface area contributed by atoms with Gasteiger partial charge in [0.05, 0.1) is 30.0 Å². The Morgan fingerprint density at radius 2 is 1.82 bits per heavy atom. The van der Waals surface area contributed by atoms with Gasteiger partial charge in [0.15, 0.2) is 6.10 Å². The second-order valence-corrected chi connectivity index (χ2v) is 8.51. The molecule has 0 aromatic heterocycles. The maximum Gasteiger partial charge on any atom is 0.418 e. The van der Waals surface area contributed by atoms with Crippen LogP contribution in [0.5, 0.6) is 5.75 Å². The number of rotatable bonds is 4. The average molecular weight is 482 g/mol. The molecule has 2 aliphatic rings. The van der Waals surface area contributed by atoms with E-state index in [9.17, 15) is 22.8 Å². The van der Waals surface area contributed by atoms with Crippen LogP contribution in [0, 0.1) is 0 Å². The largest absolute Gasteiger partial charge is 0.477 e. The lowest BCUT2D eigenvalue weighted by atomic mass is 10.1. The summed E-state index contributed by atoms with van der Waals surface area (Å²) < 4.78 is 46.0. The van der Waals surface area contributed by atoms with Gasteiger partial charge >= 0.3 is 6.18 Å². The number of anilines is 2. The number of piperidine rings is 1. The van der Waals surface area contributed by atoms with E-state index in [1.165, 1.54) is 6.07 Å². The van der Waals surface area contributed by atoms with E-state index in [4.69, 9.17) is 16.3 Å². The number of hydrogen-bond acceptors (Lipinski definition) is 4. The fourth-order valence-corrected chi connectivity index (χ4v) is 4.30. The number of para-hydroxylation sites is 2. The molecule has 0 unspecified atom stereocenters. The normalized spacial score (nSPS) is 18.4. The molecule has 2 heterocycles. The summed E-state index contributed by atoms with van der Waals surface area (Å²) in [7, 11) is 0. The molecule has 2 aromatic rings. The number of benzene rings is 2. The third-order valence-electron chi connectivity index (χ3n) is 5.70. The molecule has 0 saturated carbocycles. The molecule has 176 valence electrons. The Labute approximate surface area is 194 Å². The lowest BCUT2D eigenvalue weighted by molar-refractivity contribution is -0.139. The van der Waals surface area contributed by atoms with E-state index in [2.05, 4.69) is 5.32 Å². The molecule has 0 radical (unpaired) electrons. The second-order valence-electron chi connectivity index (χ2n) is 8.08. The first-order chi connectivity index (χ1) is 15.7.